The summed E-state index contributed by atoms with van der Waals surface area (Å²) in [5.74, 6) is 0. The molecule has 0 heterocycles. The Morgan fingerprint density at radius 3 is 0.595 bits per heavy atom. The molecule has 204 valence electrons. The van der Waals surface area contributed by atoms with Gasteiger partial charge in [-0.3, -0.25) is 0 Å². The molecule has 1 heteroatoms. The Labute approximate surface area is 245 Å². The van der Waals surface area contributed by atoms with Gasteiger partial charge in [0.1, 0.15) is 0 Å². The number of hydrogen-bond acceptors (Lipinski definition) is 0. The van der Waals surface area contributed by atoms with Crippen LogP contribution in [0.3, 0.4) is 0 Å². The molecular weight excluding hydrogens is 498 g/mol. The molecule has 0 unspecified atom stereocenters. The predicted octanol–water partition coefficient (Wildman–Crippen LogP) is 10.8. The molecule has 0 N–H and O–H groups in total. The molecule has 0 bridgehead atoms. The third kappa shape index (κ3) is 11.0. The molecule has 2 aromatic carbocycles. The van der Waals surface area contributed by atoms with Gasteiger partial charge in [-0.15, -0.1) is 0 Å². The zero-order valence-corrected chi connectivity index (χ0v) is 31.0. The van der Waals surface area contributed by atoms with Crippen LogP contribution in [0, 0.1) is 12.1 Å². The van der Waals surface area contributed by atoms with Gasteiger partial charge in [-0.05, 0) is 32.5 Å². The van der Waals surface area contributed by atoms with Crippen LogP contribution in [-0.2, 0) is 52.0 Å². The molecule has 0 aliphatic carbocycles. The van der Waals surface area contributed by atoms with Crippen molar-refractivity contribution in [2.24, 2.45) is 0 Å². The van der Waals surface area contributed by atoms with Gasteiger partial charge in [-0.2, -0.15) is 69.8 Å². The quantitative estimate of drug-likeness (QED) is 0.224. The second-order valence-electron chi connectivity index (χ2n) is 16.9. The van der Waals surface area contributed by atoms with Crippen molar-refractivity contribution in [3.63, 3.8) is 0 Å². The fraction of sp³-hybridized carbons (Fsp3) is 0.667. The van der Waals surface area contributed by atoms with E-state index in [4.69, 9.17) is 0 Å². The standard InChI is InChI=1S/2C18H29.Zn/c2*1-16(2,3)13-10-14(17(4,5)6)12-15(11-13)18(7,8)9;/h2*10-11H,1-9H3;/q2*-1;+2. The molecule has 37 heavy (non-hydrogen) atoms. The van der Waals surface area contributed by atoms with E-state index < -0.39 is 0 Å². The molecule has 0 amide bonds. The van der Waals surface area contributed by atoms with Gasteiger partial charge in [0.25, 0.3) is 0 Å². The summed E-state index contributed by atoms with van der Waals surface area (Å²) in [4.78, 5) is 0. The summed E-state index contributed by atoms with van der Waals surface area (Å²) in [6, 6.07) is 16.6. The molecule has 0 aliphatic rings. The van der Waals surface area contributed by atoms with Crippen molar-refractivity contribution in [2.45, 2.75) is 157 Å². The Hall–Kier alpha value is -0.937. The fourth-order valence-electron chi connectivity index (χ4n) is 3.62. The van der Waals surface area contributed by atoms with Crippen molar-refractivity contribution < 1.29 is 19.5 Å². The Morgan fingerprint density at radius 2 is 0.486 bits per heavy atom. The summed E-state index contributed by atoms with van der Waals surface area (Å²) >= 11 is 0. The van der Waals surface area contributed by atoms with Crippen LogP contribution in [0.5, 0.6) is 0 Å². The molecule has 0 aromatic heterocycles. The van der Waals surface area contributed by atoms with Crippen molar-refractivity contribution in [1.82, 2.24) is 0 Å². The van der Waals surface area contributed by atoms with Gasteiger partial charge in [0, 0.05) is 0 Å². The van der Waals surface area contributed by atoms with E-state index in [-0.39, 0.29) is 52.0 Å². The van der Waals surface area contributed by atoms with E-state index in [1.165, 1.54) is 33.4 Å². The maximum atomic E-state index is 3.64. The summed E-state index contributed by atoms with van der Waals surface area (Å²) in [5, 5.41) is 0. The van der Waals surface area contributed by atoms with E-state index in [1.54, 1.807) is 0 Å². The SMILES string of the molecule is CC(C)(C)c1[c-]c(C(C)(C)C)cc(C(C)(C)C)c1.CC(C)(C)c1[c-]c(C(C)(C)C)cc(C(C)(C)C)c1.[Zn+2]. The molecular formula is C36H58Zn. The van der Waals surface area contributed by atoms with Crippen LogP contribution in [0.25, 0.3) is 0 Å². The molecule has 0 aliphatic heterocycles. The van der Waals surface area contributed by atoms with E-state index in [9.17, 15) is 0 Å². The van der Waals surface area contributed by atoms with E-state index in [0.29, 0.717) is 0 Å². The second-order valence-corrected chi connectivity index (χ2v) is 16.9. The first-order valence-electron chi connectivity index (χ1n) is 13.8. The summed E-state index contributed by atoms with van der Waals surface area (Å²) in [6.07, 6.45) is 0. The Morgan fingerprint density at radius 1 is 0.324 bits per heavy atom. The zero-order valence-electron chi connectivity index (χ0n) is 28.0. The van der Waals surface area contributed by atoms with Crippen LogP contribution < -0.4 is 0 Å². The molecule has 0 fully saturated rings. The summed E-state index contributed by atoms with van der Waals surface area (Å²) in [5.41, 5.74) is 9.10. The van der Waals surface area contributed by atoms with E-state index in [1.807, 2.05) is 0 Å². The van der Waals surface area contributed by atoms with Crippen LogP contribution in [-0.4, -0.2) is 0 Å². The van der Waals surface area contributed by atoms with Crippen molar-refractivity contribution >= 4 is 0 Å². The molecule has 2 rings (SSSR count). The van der Waals surface area contributed by atoms with Gasteiger partial charge >= 0.3 is 19.5 Å². The minimum absolute atomic E-state index is 0. The van der Waals surface area contributed by atoms with Gasteiger partial charge < -0.3 is 0 Å². The third-order valence-corrected chi connectivity index (χ3v) is 6.70. The molecule has 2 aromatic rings. The largest absolute Gasteiger partial charge is 2.00 e. The van der Waals surface area contributed by atoms with Crippen LogP contribution in [0.4, 0.5) is 0 Å². The molecule has 0 atom stereocenters. The fourth-order valence-corrected chi connectivity index (χ4v) is 3.62. The molecule has 0 nitrogen and oxygen atoms in total. The minimum atomic E-state index is 0. The first-order valence-corrected chi connectivity index (χ1v) is 13.8. The van der Waals surface area contributed by atoms with Gasteiger partial charge in [0.2, 0.25) is 0 Å². The van der Waals surface area contributed by atoms with Crippen LogP contribution in [0.2, 0.25) is 0 Å². The van der Waals surface area contributed by atoms with Gasteiger partial charge in [-0.1, -0.05) is 125 Å². The monoisotopic (exact) mass is 554 g/mol. The van der Waals surface area contributed by atoms with Crippen LogP contribution >= 0.6 is 0 Å². The third-order valence-electron chi connectivity index (χ3n) is 6.70. The van der Waals surface area contributed by atoms with Crippen molar-refractivity contribution in [3.05, 3.63) is 69.8 Å². The van der Waals surface area contributed by atoms with Gasteiger partial charge in [0.05, 0.1) is 0 Å². The smallest absolute Gasteiger partial charge is 0.176 e. The average molecular weight is 556 g/mol. The van der Waals surface area contributed by atoms with E-state index >= 15 is 0 Å². The van der Waals surface area contributed by atoms with E-state index in [2.05, 4.69) is 161 Å². The van der Waals surface area contributed by atoms with Crippen molar-refractivity contribution in [2.75, 3.05) is 0 Å². The summed E-state index contributed by atoms with van der Waals surface area (Å²) < 4.78 is 0. The van der Waals surface area contributed by atoms with Crippen molar-refractivity contribution in [3.8, 4) is 0 Å². The van der Waals surface area contributed by atoms with Crippen molar-refractivity contribution in [1.29, 1.82) is 0 Å². The minimum Gasteiger partial charge on any atom is -0.176 e. The topological polar surface area (TPSA) is 0 Å². The maximum Gasteiger partial charge on any atom is 2.00 e. The summed E-state index contributed by atoms with van der Waals surface area (Å²) in [7, 11) is 0. The number of rotatable bonds is 0. The number of hydrogen-bond donors (Lipinski definition) is 0. The average Bonchev–Trinajstić information content (AvgIpc) is 2.63. The maximum absolute atomic E-state index is 3.64. The van der Waals surface area contributed by atoms with Crippen LogP contribution in [0.1, 0.15) is 158 Å². The molecule has 0 spiro atoms. The van der Waals surface area contributed by atoms with Crippen LogP contribution in [0.15, 0.2) is 24.3 Å². The van der Waals surface area contributed by atoms with Gasteiger partial charge in [-0.25, -0.2) is 0 Å². The number of benzene rings is 2. The summed E-state index contributed by atoms with van der Waals surface area (Å²) in [6.45, 7) is 40.8. The predicted molar refractivity (Wildman–Crippen MR) is 163 cm³/mol. The van der Waals surface area contributed by atoms with Gasteiger partial charge in [0.15, 0.2) is 0 Å². The molecule has 0 radical (unpaired) electrons. The molecule has 0 saturated heterocycles. The second kappa shape index (κ2) is 11.7. The first kappa shape index (κ1) is 36.1. The Balaban J connectivity index is 0.000000682. The Bertz CT molecular complexity index is 768. The Kier molecular flexibility index (Phi) is 11.4. The first-order chi connectivity index (χ1) is 15.6. The van der Waals surface area contributed by atoms with E-state index in [0.717, 1.165) is 0 Å². The molecule has 0 saturated carbocycles. The zero-order chi connectivity index (χ0) is 28.7. The normalized spacial score (nSPS) is 13.5.